The van der Waals surface area contributed by atoms with Gasteiger partial charge in [0.15, 0.2) is 6.61 Å². The molecule has 0 fully saturated rings. The largest absolute Gasteiger partial charge is 0.485 e. The van der Waals surface area contributed by atoms with E-state index in [1.165, 1.54) is 4.80 Å². The van der Waals surface area contributed by atoms with E-state index < -0.39 is 6.10 Å². The summed E-state index contributed by atoms with van der Waals surface area (Å²) in [5.41, 5.74) is 1.82. The van der Waals surface area contributed by atoms with Gasteiger partial charge >= 0.3 is 0 Å². The highest BCUT2D eigenvalue weighted by Crippen LogP contribution is 2.26. The van der Waals surface area contributed by atoms with Gasteiger partial charge in [0.05, 0.1) is 13.2 Å². The van der Waals surface area contributed by atoms with Crippen molar-refractivity contribution in [1.82, 2.24) is 20.2 Å². The molecule has 6 nitrogen and oxygen atoms in total. The van der Waals surface area contributed by atoms with Crippen molar-refractivity contribution in [3.63, 3.8) is 0 Å². The molecule has 2 aromatic rings. The number of rotatable bonds is 4. The zero-order chi connectivity index (χ0) is 13.1. The van der Waals surface area contributed by atoms with Crippen molar-refractivity contribution in [2.24, 2.45) is 7.05 Å². The average Bonchev–Trinajstić information content (AvgIpc) is 2.72. The molecule has 0 radical (unpaired) electrons. The number of tetrazole rings is 1. The van der Waals surface area contributed by atoms with Crippen molar-refractivity contribution >= 4 is 0 Å². The monoisotopic (exact) mass is 248 g/mol. The maximum absolute atomic E-state index is 9.67. The molecule has 6 heteroatoms. The highest BCUT2D eigenvalue weighted by atomic mass is 16.5. The number of hydrogen-bond acceptors (Lipinski definition) is 5. The van der Waals surface area contributed by atoms with Crippen molar-refractivity contribution in [1.29, 1.82) is 0 Å². The molecule has 0 saturated heterocycles. The fourth-order valence-corrected chi connectivity index (χ4v) is 1.64. The minimum atomic E-state index is -0.574. The highest BCUT2D eigenvalue weighted by Gasteiger charge is 2.10. The van der Waals surface area contributed by atoms with Crippen LogP contribution in [0.2, 0.25) is 0 Å². The summed E-state index contributed by atoms with van der Waals surface area (Å²) in [5.74, 6) is 1.16. The number of aliphatic hydroxyl groups is 1. The Labute approximate surface area is 105 Å². The van der Waals surface area contributed by atoms with Crippen LogP contribution >= 0.6 is 0 Å². The van der Waals surface area contributed by atoms with E-state index in [4.69, 9.17) is 4.74 Å². The molecule has 0 spiro atoms. The van der Waals surface area contributed by atoms with Crippen molar-refractivity contribution in [2.75, 3.05) is 0 Å². The molecule has 1 aromatic carbocycles. The predicted molar refractivity (Wildman–Crippen MR) is 64.9 cm³/mol. The Morgan fingerprint density at radius 3 is 2.83 bits per heavy atom. The first-order chi connectivity index (χ1) is 8.56. The molecule has 0 bridgehead atoms. The van der Waals surface area contributed by atoms with Crippen LogP contribution in [0, 0.1) is 6.92 Å². The smallest absolute Gasteiger partial charge is 0.212 e. The normalized spacial score (nSPS) is 12.4. The lowest BCUT2D eigenvalue weighted by atomic mass is 10.1. The number of ether oxygens (including phenoxy) is 1. The first-order valence-corrected chi connectivity index (χ1v) is 5.70. The first-order valence-electron chi connectivity index (χ1n) is 5.70. The summed E-state index contributed by atoms with van der Waals surface area (Å²) in [5, 5.41) is 21.3. The van der Waals surface area contributed by atoms with Crippen LogP contribution in [0.3, 0.4) is 0 Å². The van der Waals surface area contributed by atoms with E-state index in [2.05, 4.69) is 15.4 Å². The van der Waals surface area contributed by atoms with Gasteiger partial charge in [-0.05, 0) is 30.7 Å². The molecule has 1 heterocycles. The molecular formula is C12H16N4O2. The summed E-state index contributed by atoms with van der Waals surface area (Å²) in [7, 11) is 1.70. The van der Waals surface area contributed by atoms with E-state index in [1.807, 2.05) is 25.1 Å². The quantitative estimate of drug-likeness (QED) is 0.878. The van der Waals surface area contributed by atoms with Gasteiger partial charge in [-0.15, -0.1) is 10.2 Å². The van der Waals surface area contributed by atoms with Gasteiger partial charge in [-0.25, -0.2) is 0 Å². The van der Waals surface area contributed by atoms with Crippen molar-refractivity contribution < 1.29 is 9.84 Å². The lowest BCUT2D eigenvalue weighted by Gasteiger charge is -2.13. The van der Waals surface area contributed by atoms with E-state index in [1.54, 1.807) is 14.0 Å². The van der Waals surface area contributed by atoms with Gasteiger partial charge in [-0.3, -0.25) is 0 Å². The first kappa shape index (κ1) is 12.5. The maximum atomic E-state index is 9.67. The van der Waals surface area contributed by atoms with E-state index in [-0.39, 0.29) is 6.61 Å². The SMILES string of the molecule is Cc1ccc(C(C)O)c(OCc2nnn(C)n2)c1. The summed E-state index contributed by atoms with van der Waals surface area (Å²) in [4.78, 5) is 1.38. The number of hydrogen-bond donors (Lipinski definition) is 1. The molecule has 0 saturated carbocycles. The standard InChI is InChI=1S/C12H16N4O2/c1-8-4-5-10(9(2)17)11(6-8)18-7-12-13-15-16(3)14-12/h4-6,9,17H,7H2,1-3H3. The van der Waals surface area contributed by atoms with Crippen molar-refractivity contribution in [3.05, 3.63) is 35.2 Å². The van der Waals surface area contributed by atoms with Crippen LogP contribution in [0.15, 0.2) is 18.2 Å². The predicted octanol–water partition coefficient (Wildman–Crippen LogP) is 1.15. The second kappa shape index (κ2) is 5.14. The van der Waals surface area contributed by atoms with Crippen LogP contribution in [0.1, 0.15) is 30.0 Å². The second-order valence-electron chi connectivity index (χ2n) is 4.20. The fraction of sp³-hybridized carbons (Fsp3) is 0.417. The molecule has 1 aromatic heterocycles. The maximum Gasteiger partial charge on any atom is 0.212 e. The average molecular weight is 248 g/mol. The topological polar surface area (TPSA) is 73.1 Å². The Kier molecular flexibility index (Phi) is 3.57. The van der Waals surface area contributed by atoms with Gasteiger partial charge in [0.25, 0.3) is 0 Å². The zero-order valence-corrected chi connectivity index (χ0v) is 10.7. The third-order valence-corrected chi connectivity index (χ3v) is 2.53. The van der Waals surface area contributed by atoms with Gasteiger partial charge in [-0.1, -0.05) is 12.1 Å². The Balaban J connectivity index is 2.15. The van der Waals surface area contributed by atoms with Crippen LogP contribution in [0.5, 0.6) is 5.75 Å². The van der Waals surface area contributed by atoms with Crippen LogP contribution in [-0.2, 0) is 13.7 Å². The summed E-state index contributed by atoms with van der Waals surface area (Å²) in [6.07, 6.45) is -0.574. The molecule has 1 unspecified atom stereocenters. The van der Waals surface area contributed by atoms with Crippen LogP contribution in [0.4, 0.5) is 0 Å². The third kappa shape index (κ3) is 2.84. The summed E-state index contributed by atoms with van der Waals surface area (Å²) < 4.78 is 5.64. The number of nitrogens with zero attached hydrogens (tertiary/aromatic N) is 4. The number of benzene rings is 1. The van der Waals surface area contributed by atoms with Crippen molar-refractivity contribution in [2.45, 2.75) is 26.6 Å². The third-order valence-electron chi connectivity index (χ3n) is 2.53. The van der Waals surface area contributed by atoms with Crippen molar-refractivity contribution in [3.8, 4) is 5.75 Å². The minimum Gasteiger partial charge on any atom is -0.485 e. The van der Waals surface area contributed by atoms with Gasteiger partial charge < -0.3 is 9.84 Å². The lowest BCUT2D eigenvalue weighted by molar-refractivity contribution is 0.189. The number of aromatic nitrogens is 4. The highest BCUT2D eigenvalue weighted by molar-refractivity contribution is 5.38. The number of aryl methyl sites for hydroxylation is 2. The van der Waals surface area contributed by atoms with Gasteiger partial charge in [0.2, 0.25) is 5.82 Å². The van der Waals surface area contributed by atoms with Crippen LogP contribution in [0.25, 0.3) is 0 Å². The molecule has 1 N–H and O–H groups in total. The minimum absolute atomic E-state index is 0.233. The Morgan fingerprint density at radius 1 is 1.44 bits per heavy atom. The van der Waals surface area contributed by atoms with Crippen LogP contribution in [-0.4, -0.2) is 25.3 Å². The molecule has 2 rings (SSSR count). The number of aliphatic hydroxyl groups excluding tert-OH is 1. The second-order valence-corrected chi connectivity index (χ2v) is 4.20. The zero-order valence-electron chi connectivity index (χ0n) is 10.7. The van der Waals surface area contributed by atoms with E-state index >= 15 is 0 Å². The molecule has 0 amide bonds. The summed E-state index contributed by atoms with van der Waals surface area (Å²) >= 11 is 0. The van der Waals surface area contributed by atoms with Gasteiger partial charge in [-0.2, -0.15) is 4.80 Å². The lowest BCUT2D eigenvalue weighted by Crippen LogP contribution is -2.03. The van der Waals surface area contributed by atoms with Crippen LogP contribution < -0.4 is 4.74 Å². The van der Waals surface area contributed by atoms with E-state index in [0.29, 0.717) is 11.6 Å². The van der Waals surface area contributed by atoms with E-state index in [9.17, 15) is 5.11 Å². The summed E-state index contributed by atoms with van der Waals surface area (Å²) in [6, 6.07) is 5.69. The molecule has 18 heavy (non-hydrogen) atoms. The Bertz CT molecular complexity index is 537. The van der Waals surface area contributed by atoms with Gasteiger partial charge in [0, 0.05) is 5.56 Å². The molecular weight excluding hydrogens is 232 g/mol. The molecule has 96 valence electrons. The Hall–Kier alpha value is -1.95. The molecule has 0 aliphatic rings. The molecule has 1 atom stereocenters. The fourth-order valence-electron chi connectivity index (χ4n) is 1.64. The van der Waals surface area contributed by atoms with E-state index in [0.717, 1.165) is 11.1 Å². The molecule has 0 aliphatic heterocycles. The summed E-state index contributed by atoms with van der Waals surface area (Å²) in [6.45, 7) is 3.91. The molecule has 0 aliphatic carbocycles. The van der Waals surface area contributed by atoms with Gasteiger partial charge in [0.1, 0.15) is 5.75 Å². The Morgan fingerprint density at radius 2 is 2.22 bits per heavy atom.